The molecule has 0 aliphatic rings. The molecule has 0 spiro atoms. The van der Waals surface area contributed by atoms with Gasteiger partial charge in [-0.1, -0.05) is 35.9 Å². The minimum absolute atomic E-state index is 0.000165. The van der Waals surface area contributed by atoms with Crippen LogP contribution in [0.4, 0.5) is 15.9 Å². The Morgan fingerprint density at radius 2 is 1.73 bits per heavy atom. The van der Waals surface area contributed by atoms with Crippen molar-refractivity contribution in [3.8, 4) is 0 Å². The monoisotopic (exact) mass is 391 g/mol. The Balaban J connectivity index is 1.66. The van der Waals surface area contributed by atoms with E-state index in [0.717, 1.165) is 5.56 Å². The van der Waals surface area contributed by atoms with E-state index in [1.807, 2.05) is 0 Å². The third-order valence-electron chi connectivity index (χ3n) is 3.53. The second kappa shape index (κ2) is 7.72. The molecule has 0 aliphatic heterocycles. The number of nitrogens with zero attached hydrogens (tertiary/aromatic N) is 1. The zero-order valence-corrected chi connectivity index (χ0v) is 15.1. The molecular formula is C18H15ClFN3O2S. The molecule has 1 heterocycles. The predicted octanol–water partition coefficient (Wildman–Crippen LogP) is 4.29. The summed E-state index contributed by atoms with van der Waals surface area (Å²) in [6.45, 7) is 0.470. The normalized spacial score (nSPS) is 11.2. The van der Waals surface area contributed by atoms with E-state index in [2.05, 4.69) is 15.0 Å². The zero-order chi connectivity index (χ0) is 18.6. The third-order valence-corrected chi connectivity index (χ3v) is 5.41. The standard InChI is InChI=1S/C18H15ClFN3O2S/c19-16-3-1-2-4-17(16)26(24,25)23-15-9-10-18(22-12-15)21-11-13-5-7-14(20)8-6-13/h1-10,12,23H,11H2,(H,21,22). The molecule has 3 rings (SSSR count). The van der Waals surface area contributed by atoms with Crippen LogP contribution in [0.15, 0.2) is 71.8 Å². The lowest BCUT2D eigenvalue weighted by Gasteiger charge is -2.10. The topological polar surface area (TPSA) is 71.1 Å². The van der Waals surface area contributed by atoms with E-state index in [-0.39, 0.29) is 15.7 Å². The molecular weight excluding hydrogens is 377 g/mol. The molecule has 26 heavy (non-hydrogen) atoms. The Labute approximate surface area is 155 Å². The lowest BCUT2D eigenvalue weighted by molar-refractivity contribution is 0.601. The van der Waals surface area contributed by atoms with E-state index in [0.29, 0.717) is 18.1 Å². The van der Waals surface area contributed by atoms with Crippen molar-refractivity contribution in [2.75, 3.05) is 10.0 Å². The van der Waals surface area contributed by atoms with E-state index in [1.165, 1.54) is 30.5 Å². The second-order valence-corrected chi connectivity index (χ2v) is 7.51. The maximum Gasteiger partial charge on any atom is 0.263 e. The van der Waals surface area contributed by atoms with Crippen molar-refractivity contribution in [3.63, 3.8) is 0 Å². The molecule has 134 valence electrons. The predicted molar refractivity (Wildman–Crippen MR) is 100 cm³/mol. The molecule has 0 saturated heterocycles. The zero-order valence-electron chi connectivity index (χ0n) is 13.5. The summed E-state index contributed by atoms with van der Waals surface area (Å²) in [5, 5.41) is 3.22. The average molecular weight is 392 g/mol. The van der Waals surface area contributed by atoms with Crippen LogP contribution in [0.5, 0.6) is 0 Å². The number of aromatic nitrogens is 1. The van der Waals surface area contributed by atoms with E-state index in [1.54, 1.807) is 36.4 Å². The van der Waals surface area contributed by atoms with Crippen molar-refractivity contribution in [1.29, 1.82) is 0 Å². The van der Waals surface area contributed by atoms with Crippen LogP contribution in [0.25, 0.3) is 0 Å². The van der Waals surface area contributed by atoms with Gasteiger partial charge in [-0.25, -0.2) is 17.8 Å². The highest BCUT2D eigenvalue weighted by atomic mass is 35.5. The van der Waals surface area contributed by atoms with E-state index in [4.69, 9.17) is 11.6 Å². The number of nitrogens with one attached hydrogen (secondary N) is 2. The number of hydrogen-bond acceptors (Lipinski definition) is 4. The maximum absolute atomic E-state index is 12.9. The molecule has 8 heteroatoms. The summed E-state index contributed by atoms with van der Waals surface area (Å²) in [7, 11) is -3.79. The molecule has 0 aliphatic carbocycles. The summed E-state index contributed by atoms with van der Waals surface area (Å²) in [5.41, 5.74) is 1.22. The van der Waals surface area contributed by atoms with Gasteiger partial charge in [-0.05, 0) is 42.0 Å². The number of sulfonamides is 1. The summed E-state index contributed by atoms with van der Waals surface area (Å²) in [6.07, 6.45) is 1.40. The van der Waals surface area contributed by atoms with E-state index < -0.39 is 10.0 Å². The van der Waals surface area contributed by atoms with Gasteiger partial charge in [-0.15, -0.1) is 0 Å². The number of benzene rings is 2. The highest BCUT2D eigenvalue weighted by molar-refractivity contribution is 7.92. The van der Waals surface area contributed by atoms with Gasteiger partial charge in [0, 0.05) is 6.54 Å². The minimum atomic E-state index is -3.79. The first kappa shape index (κ1) is 18.2. The molecule has 0 amide bonds. The molecule has 3 aromatic rings. The van der Waals surface area contributed by atoms with Crippen LogP contribution in [0.1, 0.15) is 5.56 Å². The molecule has 2 N–H and O–H groups in total. The van der Waals surface area contributed by atoms with Crippen LogP contribution in [0.3, 0.4) is 0 Å². The molecule has 2 aromatic carbocycles. The van der Waals surface area contributed by atoms with Gasteiger partial charge in [0.25, 0.3) is 10.0 Å². The summed E-state index contributed by atoms with van der Waals surface area (Å²) in [4.78, 5) is 4.17. The number of pyridine rings is 1. The van der Waals surface area contributed by atoms with Crippen LogP contribution < -0.4 is 10.0 Å². The van der Waals surface area contributed by atoms with Gasteiger partial charge in [-0.3, -0.25) is 4.72 Å². The summed E-state index contributed by atoms with van der Waals surface area (Å²) < 4.78 is 40.1. The van der Waals surface area contributed by atoms with Crippen molar-refractivity contribution in [2.24, 2.45) is 0 Å². The highest BCUT2D eigenvalue weighted by Crippen LogP contribution is 2.23. The fourth-order valence-corrected chi connectivity index (χ4v) is 3.79. The number of anilines is 2. The second-order valence-electron chi connectivity index (χ2n) is 5.45. The molecule has 0 saturated carbocycles. The Morgan fingerprint density at radius 1 is 1.00 bits per heavy atom. The average Bonchev–Trinajstić information content (AvgIpc) is 2.62. The van der Waals surface area contributed by atoms with Gasteiger partial charge >= 0.3 is 0 Å². The number of halogens is 2. The molecule has 1 aromatic heterocycles. The van der Waals surface area contributed by atoms with Crippen LogP contribution in [0, 0.1) is 5.82 Å². The molecule has 0 bridgehead atoms. The lowest BCUT2D eigenvalue weighted by atomic mass is 10.2. The molecule has 0 atom stereocenters. The van der Waals surface area contributed by atoms with Gasteiger partial charge in [0.1, 0.15) is 16.5 Å². The first-order chi connectivity index (χ1) is 12.4. The molecule has 0 fully saturated rings. The fraction of sp³-hybridized carbons (Fsp3) is 0.0556. The van der Waals surface area contributed by atoms with E-state index >= 15 is 0 Å². The largest absolute Gasteiger partial charge is 0.366 e. The third kappa shape index (κ3) is 4.50. The molecule has 5 nitrogen and oxygen atoms in total. The maximum atomic E-state index is 12.9. The first-order valence-corrected chi connectivity index (χ1v) is 9.52. The minimum Gasteiger partial charge on any atom is -0.366 e. The van der Waals surface area contributed by atoms with Crippen molar-refractivity contribution in [1.82, 2.24) is 4.98 Å². The lowest BCUT2D eigenvalue weighted by Crippen LogP contribution is -2.13. The van der Waals surface area contributed by atoms with Crippen LogP contribution in [-0.2, 0) is 16.6 Å². The van der Waals surface area contributed by atoms with E-state index in [9.17, 15) is 12.8 Å². The smallest absolute Gasteiger partial charge is 0.263 e. The number of hydrogen-bond donors (Lipinski definition) is 2. The summed E-state index contributed by atoms with van der Waals surface area (Å²) in [6, 6.07) is 15.6. The summed E-state index contributed by atoms with van der Waals surface area (Å²) >= 11 is 5.94. The van der Waals surface area contributed by atoms with Gasteiger partial charge in [0.15, 0.2) is 0 Å². The first-order valence-electron chi connectivity index (χ1n) is 7.66. The Hall–Kier alpha value is -2.64. The van der Waals surface area contributed by atoms with Gasteiger partial charge in [0.2, 0.25) is 0 Å². The highest BCUT2D eigenvalue weighted by Gasteiger charge is 2.17. The van der Waals surface area contributed by atoms with Crippen molar-refractivity contribution in [2.45, 2.75) is 11.4 Å². The van der Waals surface area contributed by atoms with Gasteiger partial charge in [0.05, 0.1) is 16.9 Å². The van der Waals surface area contributed by atoms with Crippen LogP contribution >= 0.6 is 11.6 Å². The van der Waals surface area contributed by atoms with Crippen LogP contribution in [0.2, 0.25) is 5.02 Å². The Bertz CT molecular complexity index is 994. The van der Waals surface area contributed by atoms with Crippen molar-refractivity contribution < 1.29 is 12.8 Å². The Kier molecular flexibility index (Phi) is 5.39. The number of rotatable bonds is 6. The van der Waals surface area contributed by atoms with Crippen molar-refractivity contribution in [3.05, 3.63) is 83.3 Å². The molecule has 0 unspecified atom stereocenters. The van der Waals surface area contributed by atoms with Crippen LogP contribution in [-0.4, -0.2) is 13.4 Å². The quantitative estimate of drug-likeness (QED) is 0.657. The SMILES string of the molecule is O=S(=O)(Nc1ccc(NCc2ccc(F)cc2)nc1)c1ccccc1Cl. The summed E-state index contributed by atoms with van der Waals surface area (Å²) in [5.74, 6) is 0.275. The van der Waals surface area contributed by atoms with Crippen molar-refractivity contribution >= 4 is 33.1 Å². The molecule has 0 radical (unpaired) electrons. The van der Waals surface area contributed by atoms with Gasteiger partial charge < -0.3 is 5.32 Å². The van der Waals surface area contributed by atoms with Gasteiger partial charge in [-0.2, -0.15) is 0 Å². The Morgan fingerprint density at radius 3 is 2.38 bits per heavy atom. The fourth-order valence-electron chi connectivity index (χ4n) is 2.23.